The van der Waals surface area contributed by atoms with Gasteiger partial charge in [-0.15, -0.1) is 0 Å². The van der Waals surface area contributed by atoms with Crippen LogP contribution in [0.25, 0.3) is 0 Å². The molecule has 0 spiro atoms. The van der Waals surface area contributed by atoms with E-state index < -0.39 is 0 Å². The van der Waals surface area contributed by atoms with Crippen LogP contribution >= 0.6 is 15.9 Å². The van der Waals surface area contributed by atoms with Gasteiger partial charge in [-0.25, -0.2) is 0 Å². The van der Waals surface area contributed by atoms with E-state index in [2.05, 4.69) is 21.2 Å². The maximum atomic E-state index is 12.1. The van der Waals surface area contributed by atoms with Gasteiger partial charge in [-0.3, -0.25) is 4.79 Å². The van der Waals surface area contributed by atoms with Gasteiger partial charge < -0.3 is 11.1 Å². The molecular weight excluding hydrogens is 328 g/mol. The molecule has 2 aromatic rings. The second kappa shape index (κ2) is 6.00. The average molecular weight is 345 g/mol. The van der Waals surface area contributed by atoms with Gasteiger partial charge in [0.15, 0.2) is 0 Å². The van der Waals surface area contributed by atoms with Crippen LogP contribution in [0, 0.1) is 0 Å². The van der Waals surface area contributed by atoms with Gasteiger partial charge in [0.1, 0.15) is 0 Å². The minimum atomic E-state index is -0.248. The SMILES string of the molecule is NC(c1ccc2c(c1)C(=O)NCCC2)c1ccccc1Br. The first-order valence-corrected chi connectivity index (χ1v) is 7.87. The molecule has 3 nitrogen and oxygen atoms in total. The first-order valence-electron chi connectivity index (χ1n) is 7.08. The molecule has 2 aromatic carbocycles. The summed E-state index contributed by atoms with van der Waals surface area (Å²) in [6, 6.07) is 13.7. The topological polar surface area (TPSA) is 55.1 Å². The van der Waals surface area contributed by atoms with Gasteiger partial charge in [0.2, 0.25) is 0 Å². The highest BCUT2D eigenvalue weighted by Crippen LogP contribution is 2.28. The molecule has 1 heterocycles. The number of hydrogen-bond donors (Lipinski definition) is 2. The number of aryl methyl sites for hydroxylation is 1. The first-order chi connectivity index (χ1) is 10.2. The van der Waals surface area contributed by atoms with E-state index in [0.717, 1.165) is 46.1 Å². The summed E-state index contributed by atoms with van der Waals surface area (Å²) >= 11 is 3.53. The van der Waals surface area contributed by atoms with Crippen LogP contribution in [0.1, 0.15) is 39.5 Å². The predicted molar refractivity (Wildman–Crippen MR) is 87.3 cm³/mol. The second-order valence-electron chi connectivity index (χ2n) is 5.28. The maximum absolute atomic E-state index is 12.1. The van der Waals surface area contributed by atoms with Crippen LogP contribution in [0.3, 0.4) is 0 Å². The lowest BCUT2D eigenvalue weighted by molar-refractivity contribution is 0.0956. The average Bonchev–Trinajstić information content (AvgIpc) is 2.69. The van der Waals surface area contributed by atoms with E-state index >= 15 is 0 Å². The van der Waals surface area contributed by atoms with Gasteiger partial charge in [0.05, 0.1) is 6.04 Å². The molecule has 1 aliphatic rings. The van der Waals surface area contributed by atoms with Crippen LogP contribution in [0.4, 0.5) is 0 Å². The maximum Gasteiger partial charge on any atom is 0.251 e. The molecular formula is C17H17BrN2O. The summed E-state index contributed by atoms with van der Waals surface area (Å²) in [5.41, 5.74) is 10.2. The monoisotopic (exact) mass is 344 g/mol. The number of rotatable bonds is 2. The molecule has 21 heavy (non-hydrogen) atoms. The fourth-order valence-corrected chi connectivity index (χ4v) is 3.23. The number of carbonyl (C=O) groups is 1. The van der Waals surface area contributed by atoms with Gasteiger partial charge in [0.25, 0.3) is 5.91 Å². The number of amides is 1. The second-order valence-corrected chi connectivity index (χ2v) is 6.13. The number of nitrogens with two attached hydrogens (primary N) is 1. The lowest BCUT2D eigenvalue weighted by Crippen LogP contribution is -2.23. The zero-order valence-electron chi connectivity index (χ0n) is 11.6. The largest absolute Gasteiger partial charge is 0.352 e. The van der Waals surface area contributed by atoms with Crippen molar-refractivity contribution >= 4 is 21.8 Å². The van der Waals surface area contributed by atoms with Crippen molar-refractivity contribution in [1.29, 1.82) is 0 Å². The highest BCUT2D eigenvalue weighted by atomic mass is 79.9. The molecule has 1 amide bonds. The molecule has 1 aliphatic heterocycles. The molecule has 0 radical (unpaired) electrons. The van der Waals surface area contributed by atoms with Crippen LogP contribution in [0.15, 0.2) is 46.9 Å². The van der Waals surface area contributed by atoms with Crippen LogP contribution in [0.5, 0.6) is 0 Å². The van der Waals surface area contributed by atoms with Crippen LogP contribution in [0.2, 0.25) is 0 Å². The summed E-state index contributed by atoms with van der Waals surface area (Å²) < 4.78 is 0.983. The van der Waals surface area contributed by atoms with Gasteiger partial charge in [0, 0.05) is 16.6 Å². The summed E-state index contributed by atoms with van der Waals surface area (Å²) in [4.78, 5) is 12.1. The fourth-order valence-electron chi connectivity index (χ4n) is 2.70. The highest BCUT2D eigenvalue weighted by molar-refractivity contribution is 9.10. The summed E-state index contributed by atoms with van der Waals surface area (Å²) in [6.07, 6.45) is 1.91. The molecule has 0 aliphatic carbocycles. The molecule has 0 bridgehead atoms. The van der Waals surface area contributed by atoms with Crippen molar-refractivity contribution in [2.75, 3.05) is 6.54 Å². The molecule has 0 aromatic heterocycles. The fraction of sp³-hybridized carbons (Fsp3) is 0.235. The standard InChI is InChI=1S/C17H17BrN2O/c18-15-6-2-1-5-13(15)16(19)12-8-7-11-4-3-9-20-17(21)14(11)10-12/h1-2,5-8,10,16H,3-4,9,19H2,(H,20,21). The van der Waals surface area contributed by atoms with Crippen molar-refractivity contribution in [3.63, 3.8) is 0 Å². The lowest BCUT2D eigenvalue weighted by Gasteiger charge is -2.16. The summed E-state index contributed by atoms with van der Waals surface area (Å²) in [5.74, 6) is 0.00340. The smallest absolute Gasteiger partial charge is 0.251 e. The van der Waals surface area contributed by atoms with Crippen molar-refractivity contribution in [2.45, 2.75) is 18.9 Å². The third-order valence-corrected chi connectivity index (χ3v) is 4.61. The minimum absolute atomic E-state index is 0.00340. The van der Waals surface area contributed by atoms with Gasteiger partial charge in [-0.05, 0) is 41.7 Å². The van der Waals surface area contributed by atoms with E-state index in [-0.39, 0.29) is 11.9 Å². The van der Waals surface area contributed by atoms with E-state index in [4.69, 9.17) is 5.73 Å². The first kappa shape index (κ1) is 14.3. The predicted octanol–water partition coefficient (Wildman–Crippen LogP) is 3.17. The molecule has 4 heteroatoms. The summed E-state index contributed by atoms with van der Waals surface area (Å²) in [7, 11) is 0. The number of carbonyl (C=O) groups excluding carboxylic acids is 1. The van der Waals surface area contributed by atoms with E-state index in [1.807, 2.05) is 42.5 Å². The number of halogens is 1. The third kappa shape index (κ3) is 2.87. The molecule has 0 saturated heterocycles. The Labute approximate surface area is 132 Å². The van der Waals surface area contributed by atoms with E-state index in [1.165, 1.54) is 0 Å². The third-order valence-electron chi connectivity index (χ3n) is 3.89. The Hall–Kier alpha value is -1.65. The molecule has 1 atom stereocenters. The van der Waals surface area contributed by atoms with Crippen LogP contribution in [-0.2, 0) is 6.42 Å². The quantitative estimate of drug-likeness (QED) is 0.878. The Balaban J connectivity index is 2.00. The lowest BCUT2D eigenvalue weighted by atomic mass is 9.94. The zero-order chi connectivity index (χ0) is 14.8. The number of benzene rings is 2. The van der Waals surface area contributed by atoms with E-state index in [1.54, 1.807) is 0 Å². The Morgan fingerprint density at radius 3 is 2.81 bits per heavy atom. The molecule has 0 saturated carbocycles. The van der Waals surface area contributed by atoms with Crippen molar-refractivity contribution in [2.24, 2.45) is 5.73 Å². The Morgan fingerprint density at radius 2 is 2.00 bits per heavy atom. The Morgan fingerprint density at radius 1 is 1.19 bits per heavy atom. The van der Waals surface area contributed by atoms with Gasteiger partial charge in [-0.2, -0.15) is 0 Å². The summed E-state index contributed by atoms with van der Waals surface area (Å²) in [6.45, 7) is 0.735. The molecule has 1 unspecified atom stereocenters. The van der Waals surface area contributed by atoms with Crippen molar-refractivity contribution in [3.8, 4) is 0 Å². The number of fused-ring (bicyclic) bond motifs is 1. The summed E-state index contributed by atoms with van der Waals surface area (Å²) in [5, 5.41) is 2.93. The van der Waals surface area contributed by atoms with Gasteiger partial charge in [-0.1, -0.05) is 46.3 Å². The van der Waals surface area contributed by atoms with Crippen molar-refractivity contribution in [1.82, 2.24) is 5.32 Å². The molecule has 108 valence electrons. The van der Waals surface area contributed by atoms with Crippen LogP contribution < -0.4 is 11.1 Å². The van der Waals surface area contributed by atoms with Gasteiger partial charge >= 0.3 is 0 Å². The number of nitrogens with one attached hydrogen (secondary N) is 1. The molecule has 3 N–H and O–H groups in total. The van der Waals surface area contributed by atoms with Crippen molar-refractivity contribution < 1.29 is 4.79 Å². The normalized spacial score (nSPS) is 15.8. The highest BCUT2D eigenvalue weighted by Gasteiger charge is 2.18. The molecule has 3 rings (SSSR count). The van der Waals surface area contributed by atoms with E-state index in [9.17, 15) is 4.79 Å². The Kier molecular flexibility index (Phi) is 4.08. The van der Waals surface area contributed by atoms with E-state index in [0.29, 0.717) is 0 Å². The van der Waals surface area contributed by atoms with Crippen molar-refractivity contribution in [3.05, 3.63) is 69.2 Å². The molecule has 0 fully saturated rings. The Bertz CT molecular complexity index is 684. The minimum Gasteiger partial charge on any atom is -0.352 e. The zero-order valence-corrected chi connectivity index (χ0v) is 13.2. The van der Waals surface area contributed by atoms with Crippen LogP contribution in [-0.4, -0.2) is 12.5 Å². The number of hydrogen-bond acceptors (Lipinski definition) is 2.